The summed E-state index contributed by atoms with van der Waals surface area (Å²) in [7, 11) is 1.50. The van der Waals surface area contributed by atoms with Gasteiger partial charge >= 0.3 is 0 Å². The summed E-state index contributed by atoms with van der Waals surface area (Å²) in [5, 5.41) is 6.10. The van der Waals surface area contributed by atoms with Gasteiger partial charge < -0.3 is 20.1 Å². The van der Waals surface area contributed by atoms with Gasteiger partial charge in [0.25, 0.3) is 5.91 Å². The number of hydrogen-bond donors (Lipinski definition) is 2. The van der Waals surface area contributed by atoms with E-state index in [1.54, 1.807) is 18.2 Å². The molecule has 7 heteroatoms. The molecule has 2 heterocycles. The highest BCUT2D eigenvalue weighted by Gasteiger charge is 2.24. The van der Waals surface area contributed by atoms with Crippen LogP contribution in [-0.2, 0) is 11.2 Å². The van der Waals surface area contributed by atoms with Gasteiger partial charge in [0.2, 0.25) is 0 Å². The Hall–Kier alpha value is -2.93. The number of nitrogens with one attached hydrogen (secondary N) is 2. The third-order valence-corrected chi connectivity index (χ3v) is 5.24. The molecule has 1 amide bonds. The minimum absolute atomic E-state index is 0.00537. The average molecular weight is 413 g/mol. The summed E-state index contributed by atoms with van der Waals surface area (Å²) in [6, 6.07) is 8.03. The molecule has 6 nitrogen and oxygen atoms in total. The molecule has 1 aromatic carbocycles. The van der Waals surface area contributed by atoms with Crippen molar-refractivity contribution in [3.8, 4) is 5.75 Å². The Kier molecular flexibility index (Phi) is 7.41. The van der Waals surface area contributed by atoms with Gasteiger partial charge in [-0.05, 0) is 68.0 Å². The van der Waals surface area contributed by atoms with Gasteiger partial charge in [-0.1, -0.05) is 6.08 Å². The van der Waals surface area contributed by atoms with Crippen LogP contribution in [0.2, 0.25) is 0 Å². The molecule has 0 radical (unpaired) electrons. The van der Waals surface area contributed by atoms with Crippen molar-refractivity contribution in [1.29, 1.82) is 0 Å². The number of ether oxygens (including phenoxy) is 2. The van der Waals surface area contributed by atoms with Gasteiger partial charge in [0.1, 0.15) is 17.4 Å². The number of allylic oxidation sites excluding steroid dienone is 1. The molecule has 2 N–H and O–H groups in total. The maximum Gasteiger partial charge on any atom is 0.274 e. The molecule has 3 rings (SSSR count). The largest absolute Gasteiger partial charge is 0.494 e. The fourth-order valence-corrected chi connectivity index (χ4v) is 3.61. The number of halogens is 1. The lowest BCUT2D eigenvalue weighted by atomic mass is 9.93. The Morgan fingerprint density at radius 1 is 1.37 bits per heavy atom. The van der Waals surface area contributed by atoms with Crippen LogP contribution < -0.4 is 15.4 Å². The smallest absolute Gasteiger partial charge is 0.274 e. The lowest BCUT2D eigenvalue weighted by molar-refractivity contribution is 0.0537. The molecule has 0 spiro atoms. The first-order valence-corrected chi connectivity index (χ1v) is 10.1. The van der Waals surface area contributed by atoms with Gasteiger partial charge in [-0.3, -0.25) is 4.79 Å². The molecule has 1 fully saturated rings. The summed E-state index contributed by atoms with van der Waals surface area (Å²) in [6.45, 7) is 7.11. The number of carbonyl (C=O) groups is 1. The number of pyridine rings is 1. The number of amides is 1. The van der Waals surface area contributed by atoms with Gasteiger partial charge in [-0.2, -0.15) is 0 Å². The van der Waals surface area contributed by atoms with Crippen LogP contribution in [-0.4, -0.2) is 37.3 Å². The number of nitrogens with zero attached hydrogens (tertiary/aromatic N) is 1. The first kappa shape index (κ1) is 21.8. The summed E-state index contributed by atoms with van der Waals surface area (Å²) < 4.78 is 24.6. The van der Waals surface area contributed by atoms with Crippen LogP contribution >= 0.6 is 0 Å². The molecule has 1 atom stereocenters. The standard InChI is InChI=1S/C23H28FN3O3/c1-4-5-16-12-18(24)14-19(13-16)26-21-7-6-20(29-3)22(27-21)23(28)25-15(2)17-8-10-30-11-9-17/h4,6-7,12-15,17H,1,5,8-11H2,2-3H3,(H,25,28)(H,26,27). The topological polar surface area (TPSA) is 72.5 Å². The van der Waals surface area contributed by atoms with Crippen LogP contribution in [0, 0.1) is 11.7 Å². The number of rotatable bonds is 8. The quantitative estimate of drug-likeness (QED) is 0.633. The van der Waals surface area contributed by atoms with Crippen molar-refractivity contribution in [2.45, 2.75) is 32.2 Å². The highest BCUT2D eigenvalue weighted by atomic mass is 19.1. The van der Waals surface area contributed by atoms with Crippen LogP contribution in [0.15, 0.2) is 43.0 Å². The predicted molar refractivity (Wildman–Crippen MR) is 115 cm³/mol. The molecule has 1 saturated heterocycles. The third-order valence-electron chi connectivity index (χ3n) is 5.24. The van der Waals surface area contributed by atoms with E-state index in [4.69, 9.17) is 9.47 Å². The zero-order chi connectivity index (χ0) is 21.5. The van der Waals surface area contributed by atoms with E-state index in [0.29, 0.717) is 42.8 Å². The molecule has 0 aliphatic carbocycles. The van der Waals surface area contributed by atoms with Crippen molar-refractivity contribution in [3.05, 3.63) is 60.1 Å². The fourth-order valence-electron chi connectivity index (χ4n) is 3.61. The number of methoxy groups -OCH3 is 1. The van der Waals surface area contributed by atoms with E-state index in [1.165, 1.54) is 19.2 Å². The van der Waals surface area contributed by atoms with Gasteiger partial charge in [0.05, 0.1) is 7.11 Å². The van der Waals surface area contributed by atoms with Crippen LogP contribution in [0.1, 0.15) is 35.8 Å². The molecule has 1 aliphatic heterocycles. The van der Waals surface area contributed by atoms with E-state index in [2.05, 4.69) is 22.2 Å². The van der Waals surface area contributed by atoms with Gasteiger partial charge in [-0.25, -0.2) is 9.37 Å². The molecule has 1 aliphatic rings. The van der Waals surface area contributed by atoms with E-state index >= 15 is 0 Å². The highest BCUT2D eigenvalue weighted by Crippen LogP contribution is 2.24. The molecule has 2 aromatic rings. The van der Waals surface area contributed by atoms with Crippen LogP contribution in [0.25, 0.3) is 0 Å². The van der Waals surface area contributed by atoms with Crippen LogP contribution in [0.5, 0.6) is 5.75 Å². The number of anilines is 2. The number of carbonyl (C=O) groups excluding carboxylic acids is 1. The van der Waals surface area contributed by atoms with Crippen molar-refractivity contribution < 1.29 is 18.7 Å². The third kappa shape index (κ3) is 5.57. The Morgan fingerprint density at radius 2 is 2.13 bits per heavy atom. The fraction of sp³-hybridized carbons (Fsp3) is 0.391. The van der Waals surface area contributed by atoms with Crippen molar-refractivity contribution in [2.75, 3.05) is 25.6 Å². The normalized spacial score (nSPS) is 15.3. The molecule has 1 unspecified atom stereocenters. The van der Waals surface area contributed by atoms with E-state index in [9.17, 15) is 9.18 Å². The van der Waals surface area contributed by atoms with Crippen molar-refractivity contribution in [2.24, 2.45) is 5.92 Å². The summed E-state index contributed by atoms with van der Waals surface area (Å²) in [5.74, 6) is 0.513. The average Bonchev–Trinajstić information content (AvgIpc) is 2.74. The zero-order valence-corrected chi connectivity index (χ0v) is 17.4. The summed E-state index contributed by atoms with van der Waals surface area (Å²) in [6.07, 6.45) is 4.10. The number of benzene rings is 1. The second-order valence-corrected chi connectivity index (χ2v) is 7.43. The van der Waals surface area contributed by atoms with Crippen LogP contribution in [0.4, 0.5) is 15.9 Å². The number of hydrogen-bond acceptors (Lipinski definition) is 5. The Labute approximate surface area is 176 Å². The molecular formula is C23H28FN3O3. The maximum absolute atomic E-state index is 13.9. The Balaban J connectivity index is 1.77. The minimum Gasteiger partial charge on any atom is -0.494 e. The second-order valence-electron chi connectivity index (χ2n) is 7.43. The van der Waals surface area contributed by atoms with E-state index in [0.717, 1.165) is 18.4 Å². The molecule has 0 saturated carbocycles. The monoisotopic (exact) mass is 413 g/mol. The molecule has 1 aromatic heterocycles. The number of aromatic nitrogens is 1. The lowest BCUT2D eigenvalue weighted by Gasteiger charge is -2.28. The maximum atomic E-state index is 13.9. The van der Waals surface area contributed by atoms with E-state index < -0.39 is 0 Å². The highest BCUT2D eigenvalue weighted by molar-refractivity contribution is 5.95. The SMILES string of the molecule is C=CCc1cc(F)cc(Nc2ccc(OC)c(C(=O)NC(C)C3CCOCC3)n2)c1. The molecular weight excluding hydrogens is 385 g/mol. The van der Waals surface area contributed by atoms with Gasteiger partial charge in [0.15, 0.2) is 5.69 Å². The zero-order valence-electron chi connectivity index (χ0n) is 17.4. The first-order chi connectivity index (χ1) is 14.5. The Bertz CT molecular complexity index is 897. The molecule has 0 bridgehead atoms. The van der Waals surface area contributed by atoms with Crippen molar-refractivity contribution in [3.63, 3.8) is 0 Å². The van der Waals surface area contributed by atoms with E-state index in [1.807, 2.05) is 13.0 Å². The van der Waals surface area contributed by atoms with Crippen LogP contribution in [0.3, 0.4) is 0 Å². The van der Waals surface area contributed by atoms with Crippen molar-refractivity contribution in [1.82, 2.24) is 10.3 Å². The predicted octanol–water partition coefficient (Wildman–Crippen LogP) is 4.25. The summed E-state index contributed by atoms with van der Waals surface area (Å²) in [5.41, 5.74) is 1.53. The lowest BCUT2D eigenvalue weighted by Crippen LogP contribution is -2.40. The minimum atomic E-state index is -0.353. The van der Waals surface area contributed by atoms with E-state index in [-0.39, 0.29) is 23.5 Å². The van der Waals surface area contributed by atoms with Gasteiger partial charge in [0, 0.05) is 24.9 Å². The molecule has 30 heavy (non-hydrogen) atoms. The first-order valence-electron chi connectivity index (χ1n) is 10.1. The Morgan fingerprint density at radius 3 is 2.83 bits per heavy atom. The summed E-state index contributed by atoms with van der Waals surface area (Å²) >= 11 is 0. The summed E-state index contributed by atoms with van der Waals surface area (Å²) in [4.78, 5) is 17.3. The van der Waals surface area contributed by atoms with Crippen molar-refractivity contribution >= 4 is 17.4 Å². The van der Waals surface area contributed by atoms with Gasteiger partial charge in [-0.15, -0.1) is 6.58 Å². The molecule has 160 valence electrons. The second kappa shape index (κ2) is 10.2.